The Morgan fingerprint density at radius 3 is 2.43 bits per heavy atom. The summed E-state index contributed by atoms with van der Waals surface area (Å²) in [5.41, 5.74) is -0.0202. The summed E-state index contributed by atoms with van der Waals surface area (Å²) in [5, 5.41) is 3.87. The van der Waals surface area contributed by atoms with Gasteiger partial charge in [0.15, 0.2) is 0 Å². The molecule has 4 nitrogen and oxygen atoms in total. The normalized spacial score (nSPS) is 26.0. The fraction of sp³-hybridized carbons (Fsp3) is 0.824. The molecule has 2 rings (SSSR count). The number of imidazole rings is 1. The average Bonchev–Trinajstić information content (AvgIpc) is 2.82. The Morgan fingerprint density at radius 1 is 1.33 bits per heavy atom. The average molecular weight is 293 g/mol. The lowest BCUT2D eigenvalue weighted by Gasteiger charge is -2.37. The first-order valence-electron chi connectivity index (χ1n) is 7.92. The van der Waals surface area contributed by atoms with Crippen LogP contribution in [-0.2, 0) is 11.3 Å². The van der Waals surface area contributed by atoms with Crippen LogP contribution in [0.2, 0.25) is 0 Å². The van der Waals surface area contributed by atoms with E-state index in [1.54, 1.807) is 0 Å². The minimum absolute atomic E-state index is 0.0569. The molecule has 0 radical (unpaired) electrons. The van der Waals surface area contributed by atoms with E-state index in [-0.39, 0.29) is 16.6 Å². The molecule has 0 bridgehead atoms. The highest BCUT2D eigenvalue weighted by Crippen LogP contribution is 2.38. The molecule has 1 aliphatic heterocycles. The van der Waals surface area contributed by atoms with Crippen molar-refractivity contribution in [3.05, 3.63) is 18.7 Å². The second-order valence-electron chi connectivity index (χ2n) is 8.57. The maximum absolute atomic E-state index is 6.22. The summed E-state index contributed by atoms with van der Waals surface area (Å²) in [4.78, 5) is 4.15. The van der Waals surface area contributed by atoms with Crippen LogP contribution in [0.4, 0.5) is 0 Å². The number of aromatic nitrogens is 2. The van der Waals surface area contributed by atoms with E-state index in [0.29, 0.717) is 12.1 Å². The minimum Gasteiger partial charge on any atom is -0.368 e. The van der Waals surface area contributed by atoms with E-state index < -0.39 is 0 Å². The number of nitrogens with one attached hydrogen (secondary N) is 1. The molecule has 1 aliphatic rings. The van der Waals surface area contributed by atoms with E-state index >= 15 is 0 Å². The van der Waals surface area contributed by atoms with Crippen LogP contribution >= 0.6 is 0 Å². The van der Waals surface area contributed by atoms with Crippen LogP contribution in [-0.4, -0.2) is 32.8 Å². The third-order valence-corrected chi connectivity index (χ3v) is 4.47. The first kappa shape index (κ1) is 16.5. The molecule has 0 aliphatic carbocycles. The largest absolute Gasteiger partial charge is 0.368 e. The molecular formula is C17H31N3O. The monoisotopic (exact) mass is 293 g/mol. The smallest absolute Gasteiger partial charge is 0.0946 e. The quantitative estimate of drug-likeness (QED) is 0.926. The van der Waals surface area contributed by atoms with Crippen molar-refractivity contribution in [1.29, 1.82) is 0 Å². The predicted molar refractivity (Wildman–Crippen MR) is 86.3 cm³/mol. The Labute approximate surface area is 129 Å². The number of ether oxygens (including phenoxy) is 1. The molecule has 0 amide bonds. The molecule has 0 saturated carbocycles. The number of nitrogens with zero attached hydrogens (tertiary/aromatic N) is 2. The maximum atomic E-state index is 6.22. The van der Waals surface area contributed by atoms with Gasteiger partial charge in [-0.25, -0.2) is 4.98 Å². The molecule has 1 aromatic heterocycles. The molecular weight excluding hydrogens is 262 g/mol. The third kappa shape index (κ3) is 4.07. The third-order valence-electron chi connectivity index (χ3n) is 4.47. The zero-order chi connectivity index (χ0) is 15.9. The van der Waals surface area contributed by atoms with Gasteiger partial charge in [0.1, 0.15) is 0 Å². The van der Waals surface area contributed by atoms with E-state index in [1.807, 2.05) is 18.7 Å². The first-order chi connectivity index (χ1) is 9.50. The SMILES string of the molecule is CC1(C)CC(NC(Cn2ccnc2)C(C)(C)C)C(C)(C)O1. The summed E-state index contributed by atoms with van der Waals surface area (Å²) >= 11 is 0. The Bertz CT molecular complexity index is 457. The zero-order valence-electron chi connectivity index (χ0n) is 14.6. The van der Waals surface area contributed by atoms with E-state index in [4.69, 9.17) is 4.74 Å². The molecule has 0 aromatic carbocycles. The highest BCUT2D eigenvalue weighted by atomic mass is 16.5. The van der Waals surface area contributed by atoms with Crippen LogP contribution in [0.5, 0.6) is 0 Å². The highest BCUT2D eigenvalue weighted by Gasteiger charge is 2.47. The Balaban J connectivity index is 2.12. The molecule has 2 unspecified atom stereocenters. The van der Waals surface area contributed by atoms with Gasteiger partial charge in [-0.1, -0.05) is 20.8 Å². The van der Waals surface area contributed by atoms with Crippen molar-refractivity contribution in [2.24, 2.45) is 5.41 Å². The number of rotatable bonds is 4. The summed E-state index contributed by atoms with van der Waals surface area (Å²) < 4.78 is 8.37. The molecule has 4 heteroatoms. The van der Waals surface area contributed by atoms with Crippen LogP contribution in [0.3, 0.4) is 0 Å². The molecule has 21 heavy (non-hydrogen) atoms. The van der Waals surface area contributed by atoms with Crippen molar-refractivity contribution in [3.63, 3.8) is 0 Å². The molecule has 2 heterocycles. The van der Waals surface area contributed by atoms with Gasteiger partial charge in [-0.15, -0.1) is 0 Å². The van der Waals surface area contributed by atoms with Crippen LogP contribution in [0.25, 0.3) is 0 Å². The second-order valence-corrected chi connectivity index (χ2v) is 8.57. The van der Waals surface area contributed by atoms with Crippen molar-refractivity contribution < 1.29 is 4.74 Å². The number of hydrogen-bond donors (Lipinski definition) is 1. The fourth-order valence-electron chi connectivity index (χ4n) is 3.25. The van der Waals surface area contributed by atoms with Gasteiger partial charge >= 0.3 is 0 Å². The van der Waals surface area contributed by atoms with E-state index in [1.165, 1.54) is 0 Å². The van der Waals surface area contributed by atoms with Crippen LogP contribution < -0.4 is 5.32 Å². The van der Waals surface area contributed by atoms with Gasteiger partial charge < -0.3 is 14.6 Å². The second kappa shape index (κ2) is 5.40. The molecule has 1 N–H and O–H groups in total. The Kier molecular flexibility index (Phi) is 4.24. The summed E-state index contributed by atoms with van der Waals surface area (Å²) in [7, 11) is 0. The molecule has 2 atom stereocenters. The molecule has 1 fully saturated rings. The summed E-state index contributed by atoms with van der Waals surface area (Å²) in [5.74, 6) is 0. The van der Waals surface area contributed by atoms with Gasteiger partial charge in [-0.2, -0.15) is 0 Å². The Hall–Kier alpha value is -0.870. The lowest BCUT2D eigenvalue weighted by Crippen LogP contribution is -2.53. The van der Waals surface area contributed by atoms with E-state index in [9.17, 15) is 0 Å². The Morgan fingerprint density at radius 2 is 2.00 bits per heavy atom. The van der Waals surface area contributed by atoms with Crippen molar-refractivity contribution >= 4 is 0 Å². The van der Waals surface area contributed by atoms with Crippen molar-refractivity contribution in [1.82, 2.24) is 14.9 Å². The van der Waals surface area contributed by atoms with Crippen LogP contribution in [0, 0.1) is 5.41 Å². The number of hydrogen-bond acceptors (Lipinski definition) is 3. The van der Waals surface area contributed by atoms with Gasteiger partial charge in [0.2, 0.25) is 0 Å². The fourth-order valence-corrected chi connectivity index (χ4v) is 3.25. The molecule has 0 spiro atoms. The van der Waals surface area contributed by atoms with Crippen molar-refractivity contribution in [2.45, 2.75) is 84.7 Å². The summed E-state index contributed by atoms with van der Waals surface area (Å²) in [6, 6.07) is 0.730. The van der Waals surface area contributed by atoms with Gasteiger partial charge in [0.05, 0.1) is 17.5 Å². The predicted octanol–water partition coefficient (Wildman–Crippen LogP) is 3.23. The molecule has 120 valence electrons. The highest BCUT2D eigenvalue weighted by molar-refractivity contribution is 5.01. The maximum Gasteiger partial charge on any atom is 0.0946 e. The minimum atomic E-state index is -0.137. The van der Waals surface area contributed by atoms with E-state index in [2.05, 4.69) is 63.3 Å². The van der Waals surface area contributed by atoms with Crippen molar-refractivity contribution in [3.8, 4) is 0 Å². The lowest BCUT2D eigenvalue weighted by atomic mass is 9.84. The van der Waals surface area contributed by atoms with Crippen molar-refractivity contribution in [2.75, 3.05) is 0 Å². The standard InChI is InChI=1S/C17H31N3O/c1-15(2,3)14(11-20-9-8-18-12-20)19-13-10-16(4,5)21-17(13,6)7/h8-9,12-14,19H,10-11H2,1-7H3. The topological polar surface area (TPSA) is 39.1 Å². The molecule has 1 aromatic rings. The van der Waals surface area contributed by atoms with E-state index in [0.717, 1.165) is 13.0 Å². The van der Waals surface area contributed by atoms with Gasteiger partial charge in [0.25, 0.3) is 0 Å². The van der Waals surface area contributed by atoms with Gasteiger partial charge in [0, 0.05) is 31.0 Å². The lowest BCUT2D eigenvalue weighted by molar-refractivity contribution is -0.0713. The van der Waals surface area contributed by atoms with Gasteiger partial charge in [-0.3, -0.25) is 0 Å². The summed E-state index contributed by atoms with van der Waals surface area (Å²) in [6.45, 7) is 16.5. The van der Waals surface area contributed by atoms with Crippen LogP contribution in [0.1, 0.15) is 54.9 Å². The zero-order valence-corrected chi connectivity index (χ0v) is 14.6. The summed E-state index contributed by atoms with van der Waals surface area (Å²) in [6.07, 6.45) is 6.79. The first-order valence-corrected chi connectivity index (χ1v) is 7.92. The molecule has 1 saturated heterocycles. The van der Waals surface area contributed by atoms with Gasteiger partial charge in [-0.05, 0) is 39.5 Å². The van der Waals surface area contributed by atoms with Crippen LogP contribution in [0.15, 0.2) is 18.7 Å².